The van der Waals surface area contributed by atoms with Crippen LogP contribution in [0.5, 0.6) is 0 Å². The summed E-state index contributed by atoms with van der Waals surface area (Å²) in [4.78, 5) is 11.8. The number of nitrogen functional groups attached to an aromatic ring is 1. The van der Waals surface area contributed by atoms with Crippen LogP contribution in [-0.4, -0.2) is 26.3 Å². The predicted octanol–water partition coefficient (Wildman–Crippen LogP) is 2.08. The molecule has 4 nitrogen and oxygen atoms in total. The van der Waals surface area contributed by atoms with Crippen LogP contribution in [0.25, 0.3) is 0 Å². The first-order valence-electron chi connectivity index (χ1n) is 5.59. The maximum absolute atomic E-state index is 11.8. The molecule has 2 N–H and O–H groups in total. The van der Waals surface area contributed by atoms with Crippen molar-refractivity contribution >= 4 is 11.7 Å². The zero-order chi connectivity index (χ0) is 12.8. The fraction of sp³-hybridized carbons (Fsp3) is 0.462. The molecule has 0 saturated carbocycles. The molecule has 0 aromatic heterocycles. The van der Waals surface area contributed by atoms with Crippen LogP contribution in [0.3, 0.4) is 0 Å². The van der Waals surface area contributed by atoms with Crippen LogP contribution in [0.15, 0.2) is 12.1 Å². The van der Waals surface area contributed by atoms with E-state index in [0.29, 0.717) is 30.9 Å². The maximum atomic E-state index is 11.8. The van der Waals surface area contributed by atoms with Gasteiger partial charge in [0, 0.05) is 25.8 Å². The zero-order valence-electron chi connectivity index (χ0n) is 10.6. The average molecular weight is 237 g/mol. The number of methoxy groups -OCH3 is 1. The first-order chi connectivity index (χ1) is 8.06. The summed E-state index contributed by atoms with van der Waals surface area (Å²) >= 11 is 0. The summed E-state index contributed by atoms with van der Waals surface area (Å²) in [6.07, 6.45) is 0.697. The highest BCUT2D eigenvalue weighted by Gasteiger charge is 2.12. The lowest BCUT2D eigenvalue weighted by atomic mass is 10.0. The van der Waals surface area contributed by atoms with E-state index in [2.05, 4.69) is 0 Å². The lowest BCUT2D eigenvalue weighted by Crippen LogP contribution is -2.10. The van der Waals surface area contributed by atoms with E-state index >= 15 is 0 Å². The molecule has 17 heavy (non-hydrogen) atoms. The van der Waals surface area contributed by atoms with Gasteiger partial charge in [-0.05, 0) is 31.0 Å². The second-order valence-corrected chi connectivity index (χ2v) is 4.01. The Morgan fingerprint density at radius 1 is 1.24 bits per heavy atom. The number of anilines is 1. The van der Waals surface area contributed by atoms with Crippen molar-refractivity contribution in [1.82, 2.24) is 0 Å². The normalized spacial score (nSPS) is 10.3. The fourth-order valence-electron chi connectivity index (χ4n) is 1.53. The van der Waals surface area contributed by atoms with Crippen LogP contribution in [-0.2, 0) is 9.47 Å². The van der Waals surface area contributed by atoms with Gasteiger partial charge in [-0.3, -0.25) is 0 Å². The van der Waals surface area contributed by atoms with E-state index in [9.17, 15) is 4.79 Å². The number of ether oxygens (including phenoxy) is 2. The molecule has 0 amide bonds. The third kappa shape index (κ3) is 3.75. The third-order valence-corrected chi connectivity index (χ3v) is 2.56. The predicted molar refractivity (Wildman–Crippen MR) is 67.1 cm³/mol. The number of carbonyl (C=O) groups is 1. The number of aryl methyl sites for hydroxylation is 2. The Balaban J connectivity index is 2.66. The van der Waals surface area contributed by atoms with Gasteiger partial charge < -0.3 is 15.2 Å². The molecule has 0 unspecified atom stereocenters. The molecule has 0 saturated heterocycles. The summed E-state index contributed by atoms with van der Waals surface area (Å²) in [7, 11) is 1.62. The Labute approximate surface area is 102 Å². The van der Waals surface area contributed by atoms with Crippen molar-refractivity contribution in [3.8, 4) is 0 Å². The van der Waals surface area contributed by atoms with E-state index in [-0.39, 0.29) is 5.97 Å². The lowest BCUT2D eigenvalue weighted by Gasteiger charge is -2.09. The quantitative estimate of drug-likeness (QED) is 0.484. The molecule has 0 fully saturated rings. The Morgan fingerprint density at radius 3 is 2.59 bits per heavy atom. The lowest BCUT2D eigenvalue weighted by molar-refractivity contribution is 0.0467. The van der Waals surface area contributed by atoms with Gasteiger partial charge in [-0.15, -0.1) is 0 Å². The minimum Gasteiger partial charge on any atom is -0.462 e. The zero-order valence-corrected chi connectivity index (χ0v) is 10.6. The molecule has 4 heteroatoms. The third-order valence-electron chi connectivity index (χ3n) is 2.56. The van der Waals surface area contributed by atoms with Crippen molar-refractivity contribution in [2.45, 2.75) is 20.3 Å². The van der Waals surface area contributed by atoms with Crippen molar-refractivity contribution in [1.29, 1.82) is 0 Å². The highest BCUT2D eigenvalue weighted by atomic mass is 16.5. The Bertz CT molecular complexity index is 402. The SMILES string of the molecule is COCCCOC(=O)c1cc(N)c(C)cc1C. The van der Waals surface area contributed by atoms with E-state index in [4.69, 9.17) is 15.2 Å². The summed E-state index contributed by atoms with van der Waals surface area (Å²) in [6.45, 7) is 4.73. The Hall–Kier alpha value is -1.55. The van der Waals surface area contributed by atoms with Crippen molar-refractivity contribution in [3.63, 3.8) is 0 Å². The van der Waals surface area contributed by atoms with Gasteiger partial charge in [0.25, 0.3) is 0 Å². The molecular weight excluding hydrogens is 218 g/mol. The minimum absolute atomic E-state index is 0.328. The summed E-state index contributed by atoms with van der Waals surface area (Å²) in [5, 5.41) is 0. The minimum atomic E-state index is -0.328. The monoisotopic (exact) mass is 237 g/mol. The van der Waals surface area contributed by atoms with Crippen LogP contribution in [0.4, 0.5) is 5.69 Å². The van der Waals surface area contributed by atoms with Crippen LogP contribution in [0.1, 0.15) is 27.9 Å². The largest absolute Gasteiger partial charge is 0.462 e. The summed E-state index contributed by atoms with van der Waals surface area (Å²) in [6, 6.07) is 3.56. The Kier molecular flexibility index (Phi) is 4.97. The average Bonchev–Trinajstić information content (AvgIpc) is 2.29. The molecule has 1 aromatic carbocycles. The number of hydrogen-bond donors (Lipinski definition) is 1. The van der Waals surface area contributed by atoms with Crippen molar-refractivity contribution < 1.29 is 14.3 Å². The second-order valence-electron chi connectivity index (χ2n) is 4.01. The number of carbonyl (C=O) groups excluding carboxylic acids is 1. The molecular formula is C13H19NO3. The molecule has 0 bridgehead atoms. The molecule has 0 aliphatic rings. The first kappa shape index (κ1) is 13.5. The maximum Gasteiger partial charge on any atom is 0.338 e. The molecule has 0 heterocycles. The molecule has 0 atom stereocenters. The molecule has 1 aromatic rings. The van der Waals surface area contributed by atoms with Crippen LogP contribution >= 0.6 is 0 Å². The molecule has 0 aliphatic heterocycles. The van der Waals surface area contributed by atoms with Gasteiger partial charge in [0.05, 0.1) is 12.2 Å². The molecule has 1 rings (SSSR count). The van der Waals surface area contributed by atoms with Gasteiger partial charge in [-0.25, -0.2) is 4.79 Å². The smallest absolute Gasteiger partial charge is 0.338 e. The van der Waals surface area contributed by atoms with E-state index in [1.54, 1.807) is 13.2 Å². The molecule has 0 aliphatic carbocycles. The van der Waals surface area contributed by atoms with E-state index in [0.717, 1.165) is 11.1 Å². The van der Waals surface area contributed by atoms with E-state index in [1.807, 2.05) is 19.9 Å². The number of benzene rings is 1. The van der Waals surface area contributed by atoms with E-state index < -0.39 is 0 Å². The van der Waals surface area contributed by atoms with Gasteiger partial charge in [-0.1, -0.05) is 6.07 Å². The van der Waals surface area contributed by atoms with Gasteiger partial charge in [-0.2, -0.15) is 0 Å². The topological polar surface area (TPSA) is 61.5 Å². The van der Waals surface area contributed by atoms with Crippen molar-refractivity contribution in [2.75, 3.05) is 26.1 Å². The highest BCUT2D eigenvalue weighted by Crippen LogP contribution is 2.18. The second kappa shape index (κ2) is 6.25. The number of hydrogen-bond acceptors (Lipinski definition) is 4. The summed E-state index contributed by atoms with van der Waals surface area (Å²) in [5.74, 6) is -0.328. The number of nitrogens with two attached hydrogens (primary N) is 1. The van der Waals surface area contributed by atoms with Gasteiger partial charge in [0.15, 0.2) is 0 Å². The first-order valence-corrected chi connectivity index (χ1v) is 5.59. The highest BCUT2D eigenvalue weighted by molar-refractivity contribution is 5.92. The van der Waals surface area contributed by atoms with E-state index in [1.165, 1.54) is 0 Å². The molecule has 0 radical (unpaired) electrons. The van der Waals surface area contributed by atoms with Crippen LogP contribution in [0.2, 0.25) is 0 Å². The molecule has 0 spiro atoms. The van der Waals surface area contributed by atoms with Gasteiger partial charge >= 0.3 is 5.97 Å². The number of rotatable bonds is 5. The van der Waals surface area contributed by atoms with Crippen LogP contribution in [0, 0.1) is 13.8 Å². The summed E-state index contributed by atoms with van der Waals surface area (Å²) < 4.78 is 10.0. The Morgan fingerprint density at radius 2 is 1.94 bits per heavy atom. The van der Waals surface area contributed by atoms with Gasteiger partial charge in [0.2, 0.25) is 0 Å². The van der Waals surface area contributed by atoms with Crippen molar-refractivity contribution in [2.24, 2.45) is 0 Å². The molecule has 94 valence electrons. The summed E-state index contributed by atoms with van der Waals surface area (Å²) in [5.41, 5.74) is 8.77. The van der Waals surface area contributed by atoms with Gasteiger partial charge in [0.1, 0.15) is 0 Å². The fourth-order valence-corrected chi connectivity index (χ4v) is 1.53. The standard InChI is InChI=1S/C13H19NO3/c1-9-7-10(2)12(14)8-11(9)13(15)17-6-4-5-16-3/h7-8H,4-6,14H2,1-3H3. The number of esters is 1. The van der Waals surface area contributed by atoms with Crippen LogP contribution < -0.4 is 5.73 Å². The van der Waals surface area contributed by atoms with Crippen molar-refractivity contribution in [3.05, 3.63) is 28.8 Å².